The van der Waals surface area contributed by atoms with Crippen LogP contribution in [-0.2, 0) is 25.6 Å². The van der Waals surface area contributed by atoms with Crippen molar-refractivity contribution in [2.24, 2.45) is 0 Å². The predicted molar refractivity (Wildman–Crippen MR) is 110 cm³/mol. The molecule has 1 aromatic carbocycles. The van der Waals surface area contributed by atoms with Crippen molar-refractivity contribution in [1.82, 2.24) is 10.6 Å². The van der Waals surface area contributed by atoms with Crippen molar-refractivity contribution in [3.8, 4) is 0 Å². The number of aliphatic carboxylic acids is 3. The molecule has 0 heterocycles. The van der Waals surface area contributed by atoms with Crippen LogP contribution in [-0.4, -0.2) is 57.1 Å². The molecule has 31 heavy (non-hydrogen) atoms. The minimum atomic E-state index is -1.48. The number of carbonyl (C=O) groups excluding carboxylic acids is 2. The van der Waals surface area contributed by atoms with E-state index >= 15 is 0 Å². The molecule has 0 radical (unpaired) electrons. The van der Waals surface area contributed by atoms with Crippen LogP contribution in [0.1, 0.15) is 49.7 Å². The van der Waals surface area contributed by atoms with Crippen LogP contribution in [0, 0.1) is 6.92 Å². The number of carboxylic acids is 3. The quantitative estimate of drug-likeness (QED) is 0.293. The third-order valence-electron chi connectivity index (χ3n) is 4.61. The van der Waals surface area contributed by atoms with E-state index in [1.54, 1.807) is 0 Å². The standard InChI is InChI=1S/C21H28N2O8/c1-13-5-7-14(8-6-13)3-2-4-15(24)9-10-16(19(27)28)22-21(31)23-17(20(29)30)11-12-18(25)26/h5-8,16-17H,2-4,9-12H2,1H3,(H,25,26)(H,27,28)(H,29,30)(H2,22,23,31)/t16-,17-/m0/s1. The molecule has 0 saturated carbocycles. The summed E-state index contributed by atoms with van der Waals surface area (Å²) in [6.45, 7) is 1.98. The summed E-state index contributed by atoms with van der Waals surface area (Å²) in [5, 5.41) is 31.1. The molecule has 0 aromatic heterocycles. The smallest absolute Gasteiger partial charge is 0.326 e. The third-order valence-corrected chi connectivity index (χ3v) is 4.61. The molecule has 170 valence electrons. The van der Waals surface area contributed by atoms with Crippen LogP contribution in [0.3, 0.4) is 0 Å². The van der Waals surface area contributed by atoms with Crippen LogP contribution in [0.4, 0.5) is 4.79 Å². The number of rotatable bonds is 14. The number of nitrogens with one attached hydrogen (secondary N) is 2. The van der Waals surface area contributed by atoms with Crippen molar-refractivity contribution >= 4 is 29.7 Å². The van der Waals surface area contributed by atoms with E-state index in [0.29, 0.717) is 6.42 Å². The maximum atomic E-state index is 12.1. The third kappa shape index (κ3) is 10.8. The summed E-state index contributed by atoms with van der Waals surface area (Å²) in [6.07, 6.45) is 0.611. The van der Waals surface area contributed by atoms with E-state index in [0.717, 1.165) is 17.5 Å². The van der Waals surface area contributed by atoms with Crippen molar-refractivity contribution in [3.05, 3.63) is 35.4 Å². The molecule has 2 amide bonds. The van der Waals surface area contributed by atoms with Crippen LogP contribution in [0.2, 0.25) is 0 Å². The van der Waals surface area contributed by atoms with E-state index in [2.05, 4.69) is 5.32 Å². The zero-order valence-electron chi connectivity index (χ0n) is 17.3. The molecule has 1 aromatic rings. The molecule has 0 fully saturated rings. The Bertz CT molecular complexity index is 791. The summed E-state index contributed by atoms with van der Waals surface area (Å²) < 4.78 is 0. The van der Waals surface area contributed by atoms with Crippen molar-refractivity contribution in [1.29, 1.82) is 0 Å². The first kappa shape index (κ1) is 25.6. The van der Waals surface area contributed by atoms with Crippen molar-refractivity contribution in [2.45, 2.75) is 64.0 Å². The molecular weight excluding hydrogens is 408 g/mol. The number of amides is 2. The van der Waals surface area contributed by atoms with Crippen LogP contribution in [0.15, 0.2) is 24.3 Å². The molecule has 2 atom stereocenters. The Labute approximate surface area is 179 Å². The maximum Gasteiger partial charge on any atom is 0.326 e. The first-order chi connectivity index (χ1) is 14.6. The van der Waals surface area contributed by atoms with Gasteiger partial charge in [-0.05, 0) is 38.2 Å². The van der Waals surface area contributed by atoms with Crippen molar-refractivity contribution in [3.63, 3.8) is 0 Å². The second kappa shape index (κ2) is 13.0. The number of benzene rings is 1. The molecular formula is C21H28N2O8. The predicted octanol–water partition coefficient (Wildman–Crippen LogP) is 1.74. The number of hydrogen-bond acceptors (Lipinski definition) is 5. The Balaban J connectivity index is 2.44. The Kier molecular flexibility index (Phi) is 10.7. The highest BCUT2D eigenvalue weighted by molar-refractivity contribution is 5.87. The Morgan fingerprint density at radius 2 is 1.32 bits per heavy atom. The molecule has 0 saturated heterocycles. The first-order valence-corrected chi connectivity index (χ1v) is 9.90. The second-order valence-electron chi connectivity index (χ2n) is 7.25. The zero-order chi connectivity index (χ0) is 23.4. The first-order valence-electron chi connectivity index (χ1n) is 9.90. The van der Waals surface area contributed by atoms with Gasteiger partial charge in [0, 0.05) is 19.3 Å². The van der Waals surface area contributed by atoms with Crippen molar-refractivity contribution in [2.75, 3.05) is 0 Å². The average molecular weight is 436 g/mol. The molecule has 0 bridgehead atoms. The molecule has 10 nitrogen and oxygen atoms in total. The molecule has 10 heteroatoms. The average Bonchev–Trinajstić information content (AvgIpc) is 2.69. The Morgan fingerprint density at radius 3 is 1.81 bits per heavy atom. The Hall–Kier alpha value is -3.43. The minimum Gasteiger partial charge on any atom is -0.481 e. The van der Waals surface area contributed by atoms with Gasteiger partial charge in [-0.15, -0.1) is 0 Å². The van der Waals surface area contributed by atoms with Gasteiger partial charge in [-0.2, -0.15) is 0 Å². The zero-order valence-corrected chi connectivity index (χ0v) is 17.3. The fraction of sp³-hybridized carbons (Fsp3) is 0.476. The van der Waals surface area contributed by atoms with E-state index in [1.807, 2.05) is 36.5 Å². The van der Waals surface area contributed by atoms with E-state index in [4.69, 9.17) is 10.2 Å². The monoisotopic (exact) mass is 436 g/mol. The number of carboxylic acid groups (broad SMARTS) is 3. The summed E-state index contributed by atoms with van der Waals surface area (Å²) in [5.74, 6) is -4.16. The lowest BCUT2D eigenvalue weighted by atomic mass is 10.0. The summed E-state index contributed by atoms with van der Waals surface area (Å²) in [6, 6.07) is 4.04. The van der Waals surface area contributed by atoms with Gasteiger partial charge < -0.3 is 26.0 Å². The lowest BCUT2D eigenvalue weighted by molar-refractivity contribution is -0.141. The van der Waals surface area contributed by atoms with Gasteiger partial charge in [0.05, 0.1) is 0 Å². The highest BCUT2D eigenvalue weighted by Crippen LogP contribution is 2.09. The van der Waals surface area contributed by atoms with Gasteiger partial charge in [0.25, 0.3) is 0 Å². The SMILES string of the molecule is Cc1ccc(CCCC(=O)CC[C@H](NC(=O)N[C@@H](CCC(=O)O)C(=O)O)C(=O)O)cc1. The fourth-order valence-corrected chi connectivity index (χ4v) is 2.82. The maximum absolute atomic E-state index is 12.1. The van der Waals surface area contributed by atoms with Crippen LogP contribution >= 0.6 is 0 Å². The van der Waals surface area contributed by atoms with Crippen LogP contribution in [0.5, 0.6) is 0 Å². The van der Waals surface area contributed by atoms with Crippen LogP contribution < -0.4 is 10.6 Å². The van der Waals surface area contributed by atoms with Gasteiger partial charge in [-0.25, -0.2) is 14.4 Å². The van der Waals surface area contributed by atoms with E-state index in [-0.39, 0.29) is 31.5 Å². The summed E-state index contributed by atoms with van der Waals surface area (Å²) in [5.41, 5.74) is 2.25. The second-order valence-corrected chi connectivity index (χ2v) is 7.25. The van der Waals surface area contributed by atoms with Crippen molar-refractivity contribution < 1.29 is 39.3 Å². The topological polar surface area (TPSA) is 170 Å². The molecule has 0 aliphatic heterocycles. The number of Topliss-reactive ketones (excluding diaryl/α,β-unsaturated/α-hetero) is 1. The largest absolute Gasteiger partial charge is 0.481 e. The number of hydrogen-bond donors (Lipinski definition) is 5. The molecule has 1 rings (SSSR count). The summed E-state index contributed by atoms with van der Waals surface area (Å²) in [4.78, 5) is 57.0. The highest BCUT2D eigenvalue weighted by atomic mass is 16.4. The summed E-state index contributed by atoms with van der Waals surface area (Å²) in [7, 11) is 0. The number of aryl methyl sites for hydroxylation is 2. The van der Waals surface area contributed by atoms with Gasteiger partial charge in [0.1, 0.15) is 17.9 Å². The van der Waals surface area contributed by atoms with Gasteiger partial charge in [0.15, 0.2) is 0 Å². The lowest BCUT2D eigenvalue weighted by Gasteiger charge is -2.18. The van der Waals surface area contributed by atoms with Crippen LogP contribution in [0.25, 0.3) is 0 Å². The Morgan fingerprint density at radius 1 is 0.806 bits per heavy atom. The molecule has 0 unspecified atom stereocenters. The van der Waals surface area contributed by atoms with Gasteiger partial charge in [0.2, 0.25) is 0 Å². The molecule has 5 N–H and O–H groups in total. The highest BCUT2D eigenvalue weighted by Gasteiger charge is 2.25. The number of urea groups is 1. The van der Waals surface area contributed by atoms with E-state index in [9.17, 15) is 29.1 Å². The number of carbonyl (C=O) groups is 5. The van der Waals surface area contributed by atoms with E-state index < -0.39 is 42.4 Å². The van der Waals surface area contributed by atoms with E-state index in [1.165, 1.54) is 0 Å². The molecule has 0 spiro atoms. The molecule has 0 aliphatic carbocycles. The van der Waals surface area contributed by atoms with Gasteiger partial charge in [-0.1, -0.05) is 29.8 Å². The normalized spacial score (nSPS) is 12.4. The number of ketones is 1. The minimum absolute atomic E-state index is 0.0491. The summed E-state index contributed by atoms with van der Waals surface area (Å²) >= 11 is 0. The van der Waals surface area contributed by atoms with Gasteiger partial charge >= 0.3 is 23.9 Å². The lowest BCUT2D eigenvalue weighted by Crippen LogP contribution is -2.51. The molecule has 0 aliphatic rings. The van der Waals surface area contributed by atoms with Gasteiger partial charge in [-0.3, -0.25) is 9.59 Å². The fourth-order valence-electron chi connectivity index (χ4n) is 2.82.